The highest BCUT2D eigenvalue weighted by atomic mass is 35.5. The second kappa shape index (κ2) is 4.81. The first-order chi connectivity index (χ1) is 8.45. The molecule has 0 unspecified atom stereocenters. The third-order valence-electron chi connectivity index (χ3n) is 2.48. The molecule has 0 bridgehead atoms. The van der Waals surface area contributed by atoms with E-state index in [2.05, 4.69) is 15.5 Å². The summed E-state index contributed by atoms with van der Waals surface area (Å²) in [4.78, 5) is 11.8. The number of rotatable bonds is 3. The minimum atomic E-state index is -0.162. The Morgan fingerprint density at radius 2 is 2.06 bits per heavy atom. The maximum atomic E-state index is 11.8. The second-order valence-electron chi connectivity index (χ2n) is 4.11. The summed E-state index contributed by atoms with van der Waals surface area (Å²) in [6, 6.07) is 0. The Bertz CT molecular complexity index is 567. The average molecular weight is 268 g/mol. The van der Waals surface area contributed by atoms with Gasteiger partial charge in [-0.3, -0.25) is 14.2 Å². The normalized spacial score (nSPS) is 10.7. The van der Waals surface area contributed by atoms with Gasteiger partial charge in [-0.1, -0.05) is 11.6 Å². The van der Waals surface area contributed by atoms with Gasteiger partial charge in [0.25, 0.3) is 0 Å². The molecule has 0 aliphatic carbocycles. The Kier molecular flexibility index (Phi) is 3.38. The van der Waals surface area contributed by atoms with E-state index >= 15 is 0 Å². The molecule has 0 aromatic carbocycles. The van der Waals surface area contributed by atoms with Crippen LogP contribution in [0.25, 0.3) is 0 Å². The van der Waals surface area contributed by atoms with Crippen molar-refractivity contribution in [1.82, 2.24) is 19.6 Å². The average Bonchev–Trinajstić information content (AvgIpc) is 2.71. The lowest BCUT2D eigenvalue weighted by molar-refractivity contribution is -0.116. The molecule has 1 amide bonds. The minimum absolute atomic E-state index is 0.127. The van der Waals surface area contributed by atoms with Crippen molar-refractivity contribution in [2.75, 3.05) is 5.32 Å². The zero-order valence-electron chi connectivity index (χ0n) is 10.4. The van der Waals surface area contributed by atoms with E-state index in [4.69, 9.17) is 11.6 Å². The third-order valence-corrected chi connectivity index (χ3v) is 2.85. The van der Waals surface area contributed by atoms with Crippen LogP contribution in [0, 0.1) is 13.8 Å². The van der Waals surface area contributed by atoms with E-state index in [0.29, 0.717) is 16.4 Å². The highest BCUT2D eigenvalue weighted by molar-refractivity contribution is 6.31. The Labute approximate surface area is 110 Å². The molecular formula is C11H14ClN5O. The Hall–Kier alpha value is -1.82. The summed E-state index contributed by atoms with van der Waals surface area (Å²) >= 11 is 5.87. The van der Waals surface area contributed by atoms with Crippen LogP contribution in [0.4, 0.5) is 5.69 Å². The van der Waals surface area contributed by atoms with Gasteiger partial charge in [0.1, 0.15) is 6.54 Å². The highest BCUT2D eigenvalue weighted by Crippen LogP contribution is 2.13. The number of anilines is 1. The number of nitrogens with zero attached hydrogens (tertiary/aromatic N) is 4. The molecular weight excluding hydrogens is 254 g/mol. The van der Waals surface area contributed by atoms with Crippen LogP contribution in [0.2, 0.25) is 5.02 Å². The first-order valence-electron chi connectivity index (χ1n) is 5.45. The number of hydrogen-bond acceptors (Lipinski definition) is 3. The molecule has 0 saturated heterocycles. The Balaban J connectivity index is 2.03. The fraction of sp³-hybridized carbons (Fsp3) is 0.364. The van der Waals surface area contributed by atoms with Crippen LogP contribution < -0.4 is 5.32 Å². The summed E-state index contributed by atoms with van der Waals surface area (Å²) in [5, 5.41) is 11.6. The zero-order valence-corrected chi connectivity index (χ0v) is 11.2. The fourth-order valence-corrected chi connectivity index (χ4v) is 1.78. The van der Waals surface area contributed by atoms with Gasteiger partial charge in [-0.25, -0.2) is 0 Å². The second-order valence-corrected chi connectivity index (χ2v) is 4.52. The van der Waals surface area contributed by atoms with E-state index in [-0.39, 0.29) is 12.5 Å². The lowest BCUT2D eigenvalue weighted by Gasteiger charge is -2.03. The van der Waals surface area contributed by atoms with E-state index in [1.54, 1.807) is 31.0 Å². The lowest BCUT2D eigenvalue weighted by Crippen LogP contribution is -2.19. The minimum Gasteiger partial charge on any atom is -0.322 e. The molecule has 7 heteroatoms. The molecule has 0 spiro atoms. The third kappa shape index (κ3) is 2.70. The molecule has 2 rings (SSSR count). The number of carbonyl (C=O) groups is 1. The molecule has 18 heavy (non-hydrogen) atoms. The van der Waals surface area contributed by atoms with Crippen molar-refractivity contribution in [3.8, 4) is 0 Å². The Morgan fingerprint density at radius 1 is 1.33 bits per heavy atom. The Morgan fingerprint density at radius 3 is 2.56 bits per heavy atom. The van der Waals surface area contributed by atoms with E-state index < -0.39 is 0 Å². The van der Waals surface area contributed by atoms with E-state index in [0.717, 1.165) is 5.69 Å². The molecule has 2 aromatic heterocycles. The molecule has 0 aliphatic rings. The number of aromatic nitrogens is 4. The first kappa shape index (κ1) is 12.6. The van der Waals surface area contributed by atoms with Crippen LogP contribution >= 0.6 is 11.6 Å². The molecule has 0 aliphatic heterocycles. The maximum absolute atomic E-state index is 11.8. The molecule has 0 fully saturated rings. The first-order valence-corrected chi connectivity index (χ1v) is 5.83. The summed E-state index contributed by atoms with van der Waals surface area (Å²) in [6.45, 7) is 3.76. The number of amides is 1. The molecule has 96 valence electrons. The van der Waals surface area contributed by atoms with Gasteiger partial charge >= 0.3 is 0 Å². The van der Waals surface area contributed by atoms with Crippen LogP contribution in [0.5, 0.6) is 0 Å². The maximum Gasteiger partial charge on any atom is 0.246 e. The van der Waals surface area contributed by atoms with Crippen molar-refractivity contribution < 1.29 is 4.79 Å². The molecule has 6 nitrogen and oxygen atoms in total. The van der Waals surface area contributed by atoms with Gasteiger partial charge in [-0.05, 0) is 13.8 Å². The van der Waals surface area contributed by atoms with Gasteiger partial charge in [-0.15, -0.1) is 0 Å². The number of halogens is 1. The van der Waals surface area contributed by atoms with Crippen molar-refractivity contribution in [3.05, 3.63) is 28.8 Å². The van der Waals surface area contributed by atoms with Crippen LogP contribution in [-0.4, -0.2) is 25.5 Å². The highest BCUT2D eigenvalue weighted by Gasteiger charge is 2.10. The number of nitrogens with one attached hydrogen (secondary N) is 1. The van der Waals surface area contributed by atoms with Gasteiger partial charge in [0.15, 0.2) is 0 Å². The van der Waals surface area contributed by atoms with Crippen molar-refractivity contribution in [2.45, 2.75) is 20.4 Å². The molecule has 2 heterocycles. The van der Waals surface area contributed by atoms with Crippen LogP contribution in [0.1, 0.15) is 11.4 Å². The fourth-order valence-electron chi connectivity index (χ4n) is 1.63. The summed E-state index contributed by atoms with van der Waals surface area (Å²) in [5.41, 5.74) is 2.19. The van der Waals surface area contributed by atoms with Crippen molar-refractivity contribution in [3.63, 3.8) is 0 Å². The summed E-state index contributed by atoms with van der Waals surface area (Å²) in [6.07, 6.45) is 3.39. The van der Waals surface area contributed by atoms with Gasteiger partial charge in [0.2, 0.25) is 5.91 Å². The molecule has 0 saturated carbocycles. The van der Waals surface area contributed by atoms with Gasteiger partial charge < -0.3 is 5.32 Å². The molecule has 0 atom stereocenters. The summed E-state index contributed by atoms with van der Waals surface area (Å²) in [7, 11) is 1.80. The van der Waals surface area contributed by atoms with Crippen molar-refractivity contribution in [1.29, 1.82) is 0 Å². The lowest BCUT2D eigenvalue weighted by atomic mass is 10.4. The molecule has 2 aromatic rings. The quantitative estimate of drug-likeness (QED) is 0.917. The van der Waals surface area contributed by atoms with Crippen LogP contribution in [-0.2, 0) is 18.4 Å². The monoisotopic (exact) mass is 267 g/mol. The number of aryl methyl sites for hydroxylation is 3. The topological polar surface area (TPSA) is 64.7 Å². The largest absolute Gasteiger partial charge is 0.322 e. The van der Waals surface area contributed by atoms with Crippen LogP contribution in [0.15, 0.2) is 12.4 Å². The van der Waals surface area contributed by atoms with Gasteiger partial charge in [0, 0.05) is 19.4 Å². The van der Waals surface area contributed by atoms with Gasteiger partial charge in [-0.2, -0.15) is 10.2 Å². The van der Waals surface area contributed by atoms with Crippen molar-refractivity contribution in [2.24, 2.45) is 7.05 Å². The number of carbonyl (C=O) groups excluding carboxylic acids is 1. The van der Waals surface area contributed by atoms with Gasteiger partial charge in [0.05, 0.1) is 22.1 Å². The smallest absolute Gasteiger partial charge is 0.246 e. The SMILES string of the molecule is Cc1nn(CC(=O)Nc2cn(C)nc2C)cc1Cl. The van der Waals surface area contributed by atoms with E-state index in [1.807, 2.05) is 6.92 Å². The standard InChI is InChI=1S/C11H14ClN5O/c1-7-9(12)4-17(15-7)6-11(18)13-10-5-16(3)14-8(10)2/h4-5H,6H2,1-3H3,(H,13,18). The van der Waals surface area contributed by atoms with E-state index in [9.17, 15) is 4.79 Å². The number of hydrogen-bond donors (Lipinski definition) is 1. The predicted octanol–water partition coefficient (Wildman–Crippen LogP) is 1.53. The van der Waals surface area contributed by atoms with Crippen molar-refractivity contribution >= 4 is 23.2 Å². The predicted molar refractivity (Wildman–Crippen MR) is 68.5 cm³/mol. The van der Waals surface area contributed by atoms with Crippen LogP contribution in [0.3, 0.4) is 0 Å². The van der Waals surface area contributed by atoms with E-state index in [1.165, 1.54) is 4.68 Å². The summed E-state index contributed by atoms with van der Waals surface area (Å²) in [5.74, 6) is -0.162. The molecule has 1 N–H and O–H groups in total. The molecule has 0 radical (unpaired) electrons. The summed E-state index contributed by atoms with van der Waals surface area (Å²) < 4.78 is 3.17. The zero-order chi connectivity index (χ0) is 13.3.